The monoisotopic (exact) mass is 268 g/mol. The first-order valence-electron chi connectivity index (χ1n) is 5.74. The number of hydrogen-bond donors (Lipinski definition) is 2. The number of aryl methyl sites for hydroxylation is 1. The Kier molecular flexibility index (Phi) is 5.16. The van der Waals surface area contributed by atoms with E-state index in [1.165, 1.54) is 0 Å². The van der Waals surface area contributed by atoms with Crippen molar-refractivity contribution in [3.63, 3.8) is 0 Å². The molecule has 0 fully saturated rings. The second-order valence-electron chi connectivity index (χ2n) is 4.38. The first-order chi connectivity index (χ1) is 8.40. The molecule has 0 radical (unpaired) electrons. The van der Waals surface area contributed by atoms with E-state index in [1.807, 2.05) is 13.0 Å². The summed E-state index contributed by atoms with van der Waals surface area (Å²) in [5.74, 6) is -0.548. The Bertz CT molecular complexity index is 458. The normalized spacial score (nSPS) is 10.3. The van der Waals surface area contributed by atoms with Gasteiger partial charge >= 0.3 is 0 Å². The van der Waals surface area contributed by atoms with E-state index in [1.54, 1.807) is 26.0 Å². The van der Waals surface area contributed by atoms with E-state index in [4.69, 9.17) is 11.6 Å². The van der Waals surface area contributed by atoms with Crippen LogP contribution in [0.2, 0.25) is 5.02 Å². The molecule has 2 amide bonds. The minimum atomic E-state index is -0.269. The van der Waals surface area contributed by atoms with Crippen molar-refractivity contribution in [2.45, 2.75) is 20.8 Å². The fraction of sp³-hybridized carbons (Fsp3) is 0.385. The number of anilines is 1. The lowest BCUT2D eigenvalue weighted by atomic mass is 10.2. The summed E-state index contributed by atoms with van der Waals surface area (Å²) in [6, 6.07) is 5.26. The zero-order valence-electron chi connectivity index (χ0n) is 10.7. The third-order valence-electron chi connectivity index (χ3n) is 2.42. The molecule has 4 nitrogen and oxygen atoms in total. The van der Waals surface area contributed by atoms with E-state index >= 15 is 0 Å². The van der Waals surface area contributed by atoms with E-state index in [0.29, 0.717) is 10.7 Å². The second kappa shape index (κ2) is 6.40. The van der Waals surface area contributed by atoms with E-state index in [9.17, 15) is 9.59 Å². The zero-order valence-corrected chi connectivity index (χ0v) is 11.5. The molecular formula is C13H17ClN2O2. The van der Waals surface area contributed by atoms with Crippen LogP contribution < -0.4 is 10.6 Å². The van der Waals surface area contributed by atoms with Crippen LogP contribution in [0.4, 0.5) is 5.69 Å². The molecule has 5 heteroatoms. The zero-order chi connectivity index (χ0) is 13.7. The molecule has 0 aromatic heterocycles. The Labute approximate surface area is 112 Å². The van der Waals surface area contributed by atoms with E-state index in [0.717, 1.165) is 5.56 Å². The van der Waals surface area contributed by atoms with Crippen molar-refractivity contribution in [3.8, 4) is 0 Å². The Balaban J connectivity index is 2.55. The molecule has 1 aromatic rings. The minimum absolute atomic E-state index is 0.0387. The lowest BCUT2D eigenvalue weighted by Crippen LogP contribution is -2.35. The van der Waals surface area contributed by atoms with Crippen molar-refractivity contribution in [1.29, 1.82) is 0 Å². The molecule has 1 aromatic carbocycles. The summed E-state index contributed by atoms with van der Waals surface area (Å²) < 4.78 is 0. The van der Waals surface area contributed by atoms with Gasteiger partial charge in [0.15, 0.2) is 0 Å². The van der Waals surface area contributed by atoms with Gasteiger partial charge in [0, 0.05) is 16.6 Å². The van der Waals surface area contributed by atoms with E-state index < -0.39 is 0 Å². The van der Waals surface area contributed by atoms with Crippen LogP contribution in [0, 0.1) is 12.8 Å². The second-order valence-corrected chi connectivity index (χ2v) is 4.82. The lowest BCUT2D eigenvalue weighted by Gasteiger charge is -2.10. The standard InChI is InChI=1S/C13H17ClN2O2/c1-8(2)13(18)15-7-12(17)16-11-6-10(14)5-4-9(11)3/h4-6,8H,7H2,1-3H3,(H,15,18)(H,16,17). The Morgan fingerprint density at radius 1 is 1.33 bits per heavy atom. The summed E-state index contributed by atoms with van der Waals surface area (Å²) >= 11 is 5.85. The van der Waals surface area contributed by atoms with Crippen LogP contribution in [0.5, 0.6) is 0 Å². The van der Waals surface area contributed by atoms with Gasteiger partial charge in [-0.1, -0.05) is 31.5 Å². The average molecular weight is 269 g/mol. The molecule has 18 heavy (non-hydrogen) atoms. The van der Waals surface area contributed by atoms with Gasteiger partial charge in [0.25, 0.3) is 0 Å². The van der Waals surface area contributed by atoms with Gasteiger partial charge in [-0.25, -0.2) is 0 Å². The Morgan fingerprint density at radius 2 is 2.00 bits per heavy atom. The molecule has 0 saturated heterocycles. The maximum atomic E-state index is 11.6. The smallest absolute Gasteiger partial charge is 0.243 e. The molecule has 1 rings (SSSR count). The van der Waals surface area contributed by atoms with Crippen LogP contribution in [-0.4, -0.2) is 18.4 Å². The van der Waals surface area contributed by atoms with E-state index in [2.05, 4.69) is 10.6 Å². The van der Waals surface area contributed by atoms with Gasteiger partial charge in [-0.3, -0.25) is 9.59 Å². The molecular weight excluding hydrogens is 252 g/mol. The van der Waals surface area contributed by atoms with Crippen molar-refractivity contribution in [2.75, 3.05) is 11.9 Å². The topological polar surface area (TPSA) is 58.2 Å². The maximum Gasteiger partial charge on any atom is 0.243 e. The Hall–Kier alpha value is -1.55. The number of hydrogen-bond acceptors (Lipinski definition) is 2. The third kappa shape index (κ3) is 4.37. The highest BCUT2D eigenvalue weighted by Crippen LogP contribution is 2.19. The van der Waals surface area contributed by atoms with Crippen molar-refractivity contribution in [1.82, 2.24) is 5.32 Å². The van der Waals surface area contributed by atoms with Gasteiger partial charge in [-0.05, 0) is 24.6 Å². The number of benzene rings is 1. The lowest BCUT2D eigenvalue weighted by molar-refractivity contribution is -0.126. The summed E-state index contributed by atoms with van der Waals surface area (Å²) in [7, 11) is 0. The van der Waals surface area contributed by atoms with E-state index in [-0.39, 0.29) is 24.3 Å². The fourth-order valence-corrected chi connectivity index (χ4v) is 1.47. The number of nitrogens with one attached hydrogen (secondary N) is 2. The molecule has 98 valence electrons. The van der Waals surface area contributed by atoms with Crippen molar-refractivity contribution >= 4 is 29.1 Å². The minimum Gasteiger partial charge on any atom is -0.347 e. The number of carbonyl (C=O) groups excluding carboxylic acids is 2. The van der Waals surface area contributed by atoms with Crippen LogP contribution >= 0.6 is 11.6 Å². The predicted molar refractivity (Wildman–Crippen MR) is 72.7 cm³/mol. The number of amides is 2. The van der Waals surface area contributed by atoms with Crippen LogP contribution in [-0.2, 0) is 9.59 Å². The highest BCUT2D eigenvalue weighted by Gasteiger charge is 2.09. The molecule has 0 spiro atoms. The number of carbonyl (C=O) groups is 2. The highest BCUT2D eigenvalue weighted by atomic mass is 35.5. The average Bonchev–Trinajstić information content (AvgIpc) is 2.30. The SMILES string of the molecule is Cc1ccc(Cl)cc1NC(=O)CNC(=O)C(C)C. The van der Waals surface area contributed by atoms with Crippen LogP contribution in [0.25, 0.3) is 0 Å². The molecule has 0 bridgehead atoms. The van der Waals surface area contributed by atoms with Gasteiger partial charge in [-0.2, -0.15) is 0 Å². The van der Waals surface area contributed by atoms with Crippen molar-refractivity contribution in [2.24, 2.45) is 5.92 Å². The predicted octanol–water partition coefficient (Wildman–Crippen LogP) is 2.36. The quantitative estimate of drug-likeness (QED) is 0.881. The third-order valence-corrected chi connectivity index (χ3v) is 2.66. The number of halogens is 1. The molecule has 0 saturated carbocycles. The molecule has 0 aliphatic carbocycles. The summed E-state index contributed by atoms with van der Waals surface area (Å²) in [5.41, 5.74) is 1.58. The largest absolute Gasteiger partial charge is 0.347 e. The molecule has 2 N–H and O–H groups in total. The summed E-state index contributed by atoms with van der Waals surface area (Å²) in [6.07, 6.45) is 0. The molecule has 0 heterocycles. The van der Waals surface area contributed by atoms with Crippen molar-refractivity contribution < 1.29 is 9.59 Å². The van der Waals surface area contributed by atoms with Crippen LogP contribution in [0.3, 0.4) is 0 Å². The summed E-state index contributed by atoms with van der Waals surface area (Å²) in [6.45, 7) is 5.38. The van der Waals surface area contributed by atoms with Gasteiger partial charge in [0.05, 0.1) is 6.54 Å². The van der Waals surface area contributed by atoms with Crippen molar-refractivity contribution in [3.05, 3.63) is 28.8 Å². The van der Waals surface area contributed by atoms with Crippen LogP contribution in [0.1, 0.15) is 19.4 Å². The first kappa shape index (κ1) is 14.5. The first-order valence-corrected chi connectivity index (χ1v) is 6.11. The molecule has 0 atom stereocenters. The highest BCUT2D eigenvalue weighted by molar-refractivity contribution is 6.31. The fourth-order valence-electron chi connectivity index (χ4n) is 1.29. The van der Waals surface area contributed by atoms with Gasteiger partial charge in [0.1, 0.15) is 0 Å². The molecule has 0 unspecified atom stereocenters. The number of rotatable bonds is 4. The maximum absolute atomic E-state index is 11.6. The summed E-state index contributed by atoms with van der Waals surface area (Å²) in [5, 5.41) is 5.82. The van der Waals surface area contributed by atoms with Crippen LogP contribution in [0.15, 0.2) is 18.2 Å². The molecule has 0 aliphatic rings. The van der Waals surface area contributed by atoms with Gasteiger partial charge in [-0.15, -0.1) is 0 Å². The summed E-state index contributed by atoms with van der Waals surface area (Å²) in [4.78, 5) is 22.9. The van der Waals surface area contributed by atoms with Gasteiger partial charge < -0.3 is 10.6 Å². The Morgan fingerprint density at radius 3 is 2.61 bits per heavy atom. The van der Waals surface area contributed by atoms with Gasteiger partial charge in [0.2, 0.25) is 11.8 Å². The molecule has 0 aliphatic heterocycles.